The van der Waals surface area contributed by atoms with Gasteiger partial charge in [-0.25, -0.2) is 0 Å². The molecule has 3 rings (SSSR count). The van der Waals surface area contributed by atoms with Crippen molar-refractivity contribution in [3.8, 4) is 5.75 Å². The molecule has 1 saturated carbocycles. The average molecular weight is 367 g/mol. The van der Waals surface area contributed by atoms with Crippen molar-refractivity contribution in [1.29, 1.82) is 0 Å². The largest absolute Gasteiger partial charge is 0.497 e. The maximum Gasteiger partial charge on any atom is 0.119 e. The minimum Gasteiger partial charge on any atom is -0.497 e. The lowest BCUT2D eigenvalue weighted by Gasteiger charge is -2.37. The number of ether oxygens (including phenoxy) is 1. The molecular weight excluding hydrogens is 350 g/mol. The Hall–Kier alpha value is -1.19. The van der Waals surface area contributed by atoms with Gasteiger partial charge in [0.1, 0.15) is 5.75 Å². The molecule has 2 aromatic carbocycles. The summed E-state index contributed by atoms with van der Waals surface area (Å²) in [6, 6.07) is 14.8. The molecule has 110 valence electrons. The molecule has 0 saturated heterocycles. The van der Waals surface area contributed by atoms with Crippen LogP contribution in [0.3, 0.4) is 0 Å². The second kappa shape index (κ2) is 6.29. The minimum absolute atomic E-state index is 0.496. The molecule has 0 radical (unpaired) electrons. The van der Waals surface area contributed by atoms with Gasteiger partial charge in [-0.3, -0.25) is 0 Å². The molecule has 0 unspecified atom stereocenters. The fraction of sp³-hybridized carbons (Fsp3) is 0.294. The van der Waals surface area contributed by atoms with E-state index in [1.807, 2.05) is 18.2 Å². The number of halogens is 2. The summed E-state index contributed by atoms with van der Waals surface area (Å²) in [5.41, 5.74) is 2.43. The molecule has 0 heterocycles. The predicted molar refractivity (Wildman–Crippen MR) is 91.5 cm³/mol. The maximum atomic E-state index is 6.12. The number of anilines is 1. The van der Waals surface area contributed by atoms with Crippen LogP contribution >= 0.6 is 27.5 Å². The Kier molecular flexibility index (Phi) is 4.41. The van der Waals surface area contributed by atoms with Gasteiger partial charge in [0.25, 0.3) is 0 Å². The fourth-order valence-electron chi connectivity index (χ4n) is 2.74. The molecule has 1 fully saturated rings. The third-order valence-electron chi connectivity index (χ3n) is 4.01. The third-order valence-corrected chi connectivity index (χ3v) is 5.41. The average Bonchev–Trinajstić information content (AvgIpc) is 2.46. The Morgan fingerprint density at radius 1 is 1.19 bits per heavy atom. The summed E-state index contributed by atoms with van der Waals surface area (Å²) >= 11 is 9.65. The summed E-state index contributed by atoms with van der Waals surface area (Å²) in [5.74, 6) is 1.54. The predicted octanol–water partition coefficient (Wildman–Crippen LogP) is 5.47. The molecule has 1 N–H and O–H groups in total. The Balaban J connectivity index is 1.62. The van der Waals surface area contributed by atoms with Crippen molar-refractivity contribution < 1.29 is 4.74 Å². The van der Waals surface area contributed by atoms with E-state index in [1.54, 1.807) is 7.11 Å². The molecule has 0 atom stereocenters. The first kappa shape index (κ1) is 14.7. The maximum absolute atomic E-state index is 6.12. The van der Waals surface area contributed by atoms with Crippen molar-refractivity contribution in [3.05, 3.63) is 57.5 Å². The van der Waals surface area contributed by atoms with E-state index >= 15 is 0 Å². The molecule has 2 aromatic rings. The summed E-state index contributed by atoms with van der Waals surface area (Å²) in [4.78, 5) is 0. The summed E-state index contributed by atoms with van der Waals surface area (Å²) in [6.07, 6.45) is 2.26. The molecule has 0 aromatic heterocycles. The number of hydrogen-bond donors (Lipinski definition) is 1. The molecule has 0 spiro atoms. The second-order valence-corrected chi connectivity index (χ2v) is 6.59. The minimum atomic E-state index is 0.496. The van der Waals surface area contributed by atoms with E-state index in [-0.39, 0.29) is 0 Å². The van der Waals surface area contributed by atoms with Crippen LogP contribution < -0.4 is 10.1 Å². The van der Waals surface area contributed by atoms with Gasteiger partial charge in [0.05, 0.1) is 22.3 Å². The van der Waals surface area contributed by atoms with Crippen molar-refractivity contribution in [2.24, 2.45) is 0 Å². The zero-order valence-electron chi connectivity index (χ0n) is 11.8. The zero-order valence-corrected chi connectivity index (χ0v) is 14.1. The van der Waals surface area contributed by atoms with E-state index in [1.165, 1.54) is 5.56 Å². The standard InChI is InChI=1S/C17H17BrClNO/c1-21-14-5-2-4-11(10-14)12-8-13(9-12)20-16-7-3-6-15(19)17(16)18/h2-7,10,12-13,20H,8-9H2,1H3. The van der Waals surface area contributed by atoms with Crippen LogP contribution in [0.5, 0.6) is 5.75 Å². The van der Waals surface area contributed by atoms with Crippen LogP contribution in [-0.2, 0) is 0 Å². The van der Waals surface area contributed by atoms with Crippen molar-refractivity contribution >= 4 is 33.2 Å². The van der Waals surface area contributed by atoms with Gasteiger partial charge in [-0.05, 0) is 64.5 Å². The van der Waals surface area contributed by atoms with Crippen LogP contribution in [0.4, 0.5) is 5.69 Å². The number of benzene rings is 2. The van der Waals surface area contributed by atoms with Crippen molar-refractivity contribution in [2.45, 2.75) is 24.8 Å². The summed E-state index contributed by atoms with van der Waals surface area (Å²) in [7, 11) is 1.71. The van der Waals surface area contributed by atoms with E-state index in [2.05, 4.69) is 45.5 Å². The molecule has 2 nitrogen and oxygen atoms in total. The van der Waals surface area contributed by atoms with Gasteiger partial charge in [-0.1, -0.05) is 29.8 Å². The van der Waals surface area contributed by atoms with Crippen LogP contribution in [0, 0.1) is 0 Å². The zero-order chi connectivity index (χ0) is 14.8. The van der Waals surface area contributed by atoms with Gasteiger partial charge < -0.3 is 10.1 Å². The first-order valence-electron chi connectivity index (χ1n) is 7.02. The van der Waals surface area contributed by atoms with Gasteiger partial charge in [0.15, 0.2) is 0 Å². The number of nitrogens with one attached hydrogen (secondary N) is 1. The summed E-state index contributed by atoms with van der Waals surface area (Å²) < 4.78 is 6.23. The van der Waals surface area contributed by atoms with Gasteiger partial charge in [-0.2, -0.15) is 0 Å². The molecule has 0 amide bonds. The van der Waals surface area contributed by atoms with E-state index in [9.17, 15) is 0 Å². The normalized spacial score (nSPS) is 20.7. The van der Waals surface area contributed by atoms with Crippen LogP contribution in [0.15, 0.2) is 46.9 Å². The van der Waals surface area contributed by atoms with Gasteiger partial charge in [0.2, 0.25) is 0 Å². The number of rotatable bonds is 4. The van der Waals surface area contributed by atoms with E-state index in [0.717, 1.165) is 33.8 Å². The Labute approximate surface area is 138 Å². The number of hydrogen-bond acceptors (Lipinski definition) is 2. The Morgan fingerprint density at radius 3 is 2.71 bits per heavy atom. The highest BCUT2D eigenvalue weighted by molar-refractivity contribution is 9.10. The lowest BCUT2D eigenvalue weighted by molar-refractivity contribution is 0.370. The summed E-state index contributed by atoms with van der Waals surface area (Å²) in [5, 5.41) is 4.29. The van der Waals surface area contributed by atoms with Crippen molar-refractivity contribution in [2.75, 3.05) is 12.4 Å². The SMILES string of the molecule is COc1cccc(C2CC(Nc3cccc(Cl)c3Br)C2)c1. The van der Waals surface area contributed by atoms with E-state index < -0.39 is 0 Å². The molecule has 0 bridgehead atoms. The van der Waals surface area contributed by atoms with E-state index in [4.69, 9.17) is 16.3 Å². The molecule has 1 aliphatic rings. The van der Waals surface area contributed by atoms with Crippen LogP contribution in [0.2, 0.25) is 5.02 Å². The van der Waals surface area contributed by atoms with Crippen LogP contribution in [0.25, 0.3) is 0 Å². The highest BCUT2D eigenvalue weighted by Crippen LogP contribution is 2.41. The lowest BCUT2D eigenvalue weighted by atomic mass is 9.76. The van der Waals surface area contributed by atoms with Gasteiger partial charge in [0, 0.05) is 6.04 Å². The van der Waals surface area contributed by atoms with Crippen molar-refractivity contribution in [3.63, 3.8) is 0 Å². The van der Waals surface area contributed by atoms with Gasteiger partial charge in [-0.15, -0.1) is 0 Å². The Bertz CT molecular complexity index is 640. The molecular formula is C17H17BrClNO. The number of methoxy groups -OCH3 is 1. The van der Waals surface area contributed by atoms with Crippen LogP contribution in [-0.4, -0.2) is 13.2 Å². The monoisotopic (exact) mass is 365 g/mol. The third kappa shape index (κ3) is 3.19. The second-order valence-electron chi connectivity index (χ2n) is 5.39. The first-order chi connectivity index (χ1) is 10.2. The van der Waals surface area contributed by atoms with E-state index in [0.29, 0.717) is 12.0 Å². The topological polar surface area (TPSA) is 21.3 Å². The lowest BCUT2D eigenvalue weighted by Crippen LogP contribution is -2.34. The van der Waals surface area contributed by atoms with Crippen molar-refractivity contribution in [1.82, 2.24) is 0 Å². The van der Waals surface area contributed by atoms with Crippen LogP contribution in [0.1, 0.15) is 24.3 Å². The quantitative estimate of drug-likeness (QED) is 0.774. The highest BCUT2D eigenvalue weighted by Gasteiger charge is 2.30. The van der Waals surface area contributed by atoms with Gasteiger partial charge >= 0.3 is 0 Å². The fourth-order valence-corrected chi connectivity index (χ4v) is 3.29. The molecule has 0 aliphatic heterocycles. The first-order valence-corrected chi connectivity index (χ1v) is 8.19. The highest BCUT2D eigenvalue weighted by atomic mass is 79.9. The molecule has 4 heteroatoms. The summed E-state index contributed by atoms with van der Waals surface area (Å²) in [6.45, 7) is 0. The molecule has 1 aliphatic carbocycles. The molecule has 21 heavy (non-hydrogen) atoms. The Morgan fingerprint density at radius 2 is 1.95 bits per heavy atom. The smallest absolute Gasteiger partial charge is 0.119 e.